The maximum absolute atomic E-state index is 3.73. The summed E-state index contributed by atoms with van der Waals surface area (Å²) in [4.78, 5) is 2.38. The molecule has 0 aromatic heterocycles. The van der Waals surface area contributed by atoms with Crippen LogP contribution in [0.25, 0.3) is 0 Å². The first-order valence-electron chi connectivity index (χ1n) is 3.55. The van der Waals surface area contributed by atoms with Gasteiger partial charge in [0.1, 0.15) is 0 Å². The van der Waals surface area contributed by atoms with Crippen LogP contribution in [0.3, 0.4) is 0 Å². The number of hydrogen-bond donors (Lipinski definition) is 0. The third-order valence-corrected chi connectivity index (χ3v) is 1.90. The van der Waals surface area contributed by atoms with Crippen molar-refractivity contribution in [2.24, 2.45) is 0 Å². The van der Waals surface area contributed by atoms with Crippen LogP contribution in [-0.4, -0.2) is 18.0 Å². The van der Waals surface area contributed by atoms with E-state index in [2.05, 4.69) is 18.7 Å². The molecule has 0 unspecified atom stereocenters. The summed E-state index contributed by atoms with van der Waals surface area (Å²) in [6.07, 6.45) is 4.64. The largest absolute Gasteiger partial charge is 0.375 e. The average molecular weight is 124 g/mol. The lowest BCUT2D eigenvalue weighted by Gasteiger charge is -2.16. The number of allylic oxidation sites excluding steroid dienone is 2. The molecule has 1 fully saturated rings. The van der Waals surface area contributed by atoms with Gasteiger partial charge in [-0.3, -0.25) is 0 Å². The van der Waals surface area contributed by atoms with Crippen LogP contribution in [0, 0.1) is 6.92 Å². The van der Waals surface area contributed by atoms with Crippen LogP contribution in [-0.2, 0) is 0 Å². The molecule has 1 nitrogen and oxygen atoms in total. The molecule has 1 radical (unpaired) electrons. The van der Waals surface area contributed by atoms with Gasteiger partial charge in [0, 0.05) is 18.8 Å². The Labute approximate surface area is 57.4 Å². The summed E-state index contributed by atoms with van der Waals surface area (Å²) in [6.45, 7) is 8.32. The molecule has 1 saturated heterocycles. The van der Waals surface area contributed by atoms with Crippen molar-refractivity contribution < 1.29 is 0 Å². The molecular weight excluding hydrogens is 110 g/mol. The second-order valence-corrected chi connectivity index (χ2v) is 2.54. The van der Waals surface area contributed by atoms with Gasteiger partial charge < -0.3 is 4.90 Å². The van der Waals surface area contributed by atoms with Crippen molar-refractivity contribution in [3.63, 3.8) is 0 Å². The van der Waals surface area contributed by atoms with Gasteiger partial charge >= 0.3 is 0 Å². The van der Waals surface area contributed by atoms with Crippen molar-refractivity contribution >= 4 is 0 Å². The van der Waals surface area contributed by atoms with Crippen LogP contribution in [0.15, 0.2) is 11.8 Å². The van der Waals surface area contributed by atoms with Gasteiger partial charge in [0.15, 0.2) is 0 Å². The minimum absolute atomic E-state index is 1.23. The zero-order chi connectivity index (χ0) is 6.69. The molecule has 51 valence electrons. The van der Waals surface area contributed by atoms with E-state index in [9.17, 15) is 0 Å². The molecule has 1 rings (SSSR count). The van der Waals surface area contributed by atoms with Gasteiger partial charge in [0.25, 0.3) is 0 Å². The van der Waals surface area contributed by atoms with Crippen LogP contribution in [0.5, 0.6) is 0 Å². The lowest BCUT2D eigenvalue weighted by molar-refractivity contribution is 0.428. The topological polar surface area (TPSA) is 3.24 Å². The fourth-order valence-corrected chi connectivity index (χ4v) is 1.20. The summed E-state index contributed by atoms with van der Waals surface area (Å²) in [5.41, 5.74) is 1.33. The van der Waals surface area contributed by atoms with Gasteiger partial charge in [-0.2, -0.15) is 0 Å². The molecule has 1 aliphatic rings. The molecule has 0 aromatic carbocycles. The van der Waals surface area contributed by atoms with E-state index in [-0.39, 0.29) is 0 Å². The number of nitrogens with zero attached hydrogens (tertiary/aromatic N) is 1. The third kappa shape index (κ3) is 1.47. The van der Waals surface area contributed by atoms with Gasteiger partial charge in [-0.1, -0.05) is 6.08 Å². The monoisotopic (exact) mass is 124 g/mol. The van der Waals surface area contributed by atoms with Gasteiger partial charge in [-0.05, 0) is 26.7 Å². The second kappa shape index (κ2) is 2.90. The lowest BCUT2D eigenvalue weighted by Crippen LogP contribution is -2.15. The van der Waals surface area contributed by atoms with E-state index in [1.165, 1.54) is 31.6 Å². The van der Waals surface area contributed by atoms with E-state index in [1.807, 2.05) is 6.08 Å². The van der Waals surface area contributed by atoms with Crippen molar-refractivity contribution in [3.05, 3.63) is 18.7 Å². The highest BCUT2D eigenvalue weighted by Gasteiger charge is 2.09. The summed E-state index contributed by atoms with van der Waals surface area (Å²) >= 11 is 0. The Morgan fingerprint density at radius 2 is 2.00 bits per heavy atom. The standard InChI is InChI=1S/C8H14N/c1-3-8(2)9-6-4-5-7-9/h3H,1,4-7H2,2H3/b8-3-. The highest BCUT2D eigenvalue weighted by atomic mass is 15.1. The molecule has 0 aliphatic carbocycles. The molecule has 0 amide bonds. The summed E-state index contributed by atoms with van der Waals surface area (Å²) in [5, 5.41) is 0. The predicted octanol–water partition coefficient (Wildman–Crippen LogP) is 1.82. The van der Waals surface area contributed by atoms with E-state index in [4.69, 9.17) is 0 Å². The number of likely N-dealkylation sites (tertiary alicyclic amines) is 1. The summed E-state index contributed by atoms with van der Waals surface area (Å²) in [7, 11) is 0. The van der Waals surface area contributed by atoms with Crippen molar-refractivity contribution in [1.82, 2.24) is 4.90 Å². The molecule has 1 aliphatic heterocycles. The zero-order valence-electron chi connectivity index (χ0n) is 6.06. The fourth-order valence-electron chi connectivity index (χ4n) is 1.20. The molecule has 0 spiro atoms. The Bertz CT molecular complexity index is 110. The zero-order valence-corrected chi connectivity index (χ0v) is 6.06. The minimum Gasteiger partial charge on any atom is -0.375 e. The van der Waals surface area contributed by atoms with Crippen LogP contribution in [0.1, 0.15) is 19.8 Å². The first-order chi connectivity index (χ1) is 4.34. The van der Waals surface area contributed by atoms with Crippen LogP contribution in [0.4, 0.5) is 0 Å². The molecule has 0 aromatic rings. The second-order valence-electron chi connectivity index (χ2n) is 2.54. The Balaban J connectivity index is 2.42. The molecule has 1 heteroatoms. The third-order valence-electron chi connectivity index (χ3n) is 1.90. The normalized spacial score (nSPS) is 21.1. The smallest absolute Gasteiger partial charge is 0.0175 e. The van der Waals surface area contributed by atoms with Crippen LogP contribution >= 0.6 is 0 Å². The maximum atomic E-state index is 3.73. The van der Waals surface area contributed by atoms with Gasteiger partial charge in [-0.15, -0.1) is 0 Å². The van der Waals surface area contributed by atoms with Gasteiger partial charge in [-0.25, -0.2) is 0 Å². The van der Waals surface area contributed by atoms with E-state index < -0.39 is 0 Å². The first-order valence-corrected chi connectivity index (χ1v) is 3.55. The molecular formula is C8H14N. The van der Waals surface area contributed by atoms with Gasteiger partial charge in [0.2, 0.25) is 0 Å². The number of hydrogen-bond acceptors (Lipinski definition) is 1. The summed E-state index contributed by atoms with van der Waals surface area (Å²) in [5.74, 6) is 0. The molecule has 0 bridgehead atoms. The van der Waals surface area contributed by atoms with Crippen molar-refractivity contribution in [1.29, 1.82) is 0 Å². The quantitative estimate of drug-likeness (QED) is 0.515. The van der Waals surface area contributed by atoms with Crippen LogP contribution in [0.2, 0.25) is 0 Å². The average Bonchev–Trinajstić information content (AvgIpc) is 2.37. The molecule has 0 saturated carbocycles. The summed E-state index contributed by atoms with van der Waals surface area (Å²) in [6, 6.07) is 0. The van der Waals surface area contributed by atoms with Crippen LogP contribution < -0.4 is 0 Å². The predicted molar refractivity (Wildman–Crippen MR) is 39.9 cm³/mol. The van der Waals surface area contributed by atoms with Crippen molar-refractivity contribution in [2.75, 3.05) is 13.1 Å². The molecule has 0 N–H and O–H groups in total. The highest BCUT2D eigenvalue weighted by molar-refractivity contribution is 5.00. The Morgan fingerprint density at radius 3 is 2.44 bits per heavy atom. The Hall–Kier alpha value is -0.460. The lowest BCUT2D eigenvalue weighted by atomic mass is 10.4. The Kier molecular flexibility index (Phi) is 2.15. The molecule has 0 atom stereocenters. The highest BCUT2D eigenvalue weighted by Crippen LogP contribution is 2.12. The SMILES string of the molecule is [CH2]/C=C(/C)N1CCCC1. The Morgan fingerprint density at radius 1 is 1.44 bits per heavy atom. The summed E-state index contributed by atoms with van der Waals surface area (Å²) < 4.78 is 0. The van der Waals surface area contributed by atoms with E-state index in [0.717, 1.165) is 0 Å². The fraction of sp³-hybridized carbons (Fsp3) is 0.625. The van der Waals surface area contributed by atoms with Crippen molar-refractivity contribution in [2.45, 2.75) is 19.8 Å². The van der Waals surface area contributed by atoms with Crippen molar-refractivity contribution in [3.8, 4) is 0 Å². The minimum atomic E-state index is 1.23. The van der Waals surface area contributed by atoms with E-state index in [0.29, 0.717) is 0 Å². The first kappa shape index (κ1) is 6.66. The van der Waals surface area contributed by atoms with E-state index >= 15 is 0 Å². The van der Waals surface area contributed by atoms with Gasteiger partial charge in [0.05, 0.1) is 0 Å². The molecule has 1 heterocycles. The number of rotatable bonds is 1. The van der Waals surface area contributed by atoms with E-state index in [1.54, 1.807) is 0 Å². The molecule has 9 heavy (non-hydrogen) atoms. The maximum Gasteiger partial charge on any atom is 0.0175 e.